The van der Waals surface area contributed by atoms with E-state index in [4.69, 9.17) is 9.47 Å². The number of rotatable bonds is 7. The molecule has 3 rings (SSSR count). The van der Waals surface area contributed by atoms with Crippen molar-refractivity contribution < 1.29 is 24.0 Å². The molecule has 0 aliphatic heterocycles. The first-order chi connectivity index (χ1) is 14.0. The lowest BCUT2D eigenvalue weighted by Gasteiger charge is -2.15. The van der Waals surface area contributed by atoms with Gasteiger partial charge in [0.25, 0.3) is 5.91 Å². The minimum absolute atomic E-state index is 0.163. The summed E-state index contributed by atoms with van der Waals surface area (Å²) >= 11 is 0. The summed E-state index contributed by atoms with van der Waals surface area (Å²) in [6.45, 7) is 0.976. The number of fused-ring (bicyclic) bond motifs is 1. The highest BCUT2D eigenvalue weighted by atomic mass is 16.5. The number of methoxy groups -OCH3 is 2. The van der Waals surface area contributed by atoms with E-state index in [9.17, 15) is 9.59 Å². The van der Waals surface area contributed by atoms with E-state index in [0.29, 0.717) is 17.8 Å². The van der Waals surface area contributed by atoms with Gasteiger partial charge in [-0.2, -0.15) is 0 Å². The van der Waals surface area contributed by atoms with Crippen LogP contribution in [0.25, 0.3) is 10.8 Å². The molecule has 3 aromatic rings. The number of para-hydroxylation sites is 1. The minimum Gasteiger partial charge on any atom is -0.497 e. The van der Waals surface area contributed by atoms with Crippen molar-refractivity contribution in [3.63, 3.8) is 0 Å². The lowest BCUT2D eigenvalue weighted by molar-refractivity contribution is -0.885. The topological polar surface area (TPSA) is 69.1 Å². The third kappa shape index (κ3) is 5.12. The van der Waals surface area contributed by atoms with Crippen LogP contribution in [0.15, 0.2) is 60.7 Å². The molecule has 6 heteroatoms. The molecule has 6 nitrogen and oxygen atoms in total. The first kappa shape index (κ1) is 20.4. The zero-order valence-corrected chi connectivity index (χ0v) is 16.8. The summed E-state index contributed by atoms with van der Waals surface area (Å²) < 4.78 is 10.0. The van der Waals surface area contributed by atoms with Crippen LogP contribution in [0.2, 0.25) is 0 Å². The molecule has 0 spiro atoms. The van der Waals surface area contributed by atoms with Crippen LogP contribution >= 0.6 is 0 Å². The van der Waals surface area contributed by atoms with Crippen LogP contribution in [0.1, 0.15) is 15.9 Å². The van der Waals surface area contributed by atoms with Gasteiger partial charge in [0.2, 0.25) is 0 Å². The standard InChI is InChI=1S/C23H24N2O4/c1-25(14-16-8-9-18-13-19(28-2)11-10-17(18)12-16)15-22(26)24-21-7-5-4-6-20(21)23(27)29-3/h4-13H,14-15H2,1-3H3,(H,24,26)/p+1. The highest BCUT2D eigenvalue weighted by molar-refractivity contribution is 6.01. The number of benzene rings is 3. The molecule has 0 saturated heterocycles. The van der Waals surface area contributed by atoms with Crippen molar-refractivity contribution in [1.82, 2.24) is 0 Å². The number of esters is 1. The minimum atomic E-state index is -0.477. The SMILES string of the molecule is COC(=O)c1ccccc1NC(=O)C[NH+](C)Cc1ccc2cc(OC)ccc2c1. The van der Waals surface area contributed by atoms with Crippen LogP contribution in [-0.2, 0) is 16.1 Å². The smallest absolute Gasteiger partial charge is 0.339 e. The molecule has 0 heterocycles. The number of amides is 1. The molecular weight excluding hydrogens is 368 g/mol. The van der Waals surface area contributed by atoms with Gasteiger partial charge in [-0.05, 0) is 41.1 Å². The second-order valence-corrected chi connectivity index (χ2v) is 6.94. The first-order valence-corrected chi connectivity index (χ1v) is 9.35. The van der Waals surface area contributed by atoms with Crippen LogP contribution in [-0.4, -0.2) is 39.7 Å². The summed E-state index contributed by atoms with van der Waals surface area (Å²) in [7, 11) is 4.94. The van der Waals surface area contributed by atoms with Crippen molar-refractivity contribution in [3.8, 4) is 5.75 Å². The predicted octanol–water partition coefficient (Wildman–Crippen LogP) is 2.29. The molecule has 0 saturated carbocycles. The fraction of sp³-hybridized carbons (Fsp3) is 0.217. The molecule has 1 amide bonds. The molecule has 0 aliphatic rings. The lowest BCUT2D eigenvalue weighted by atomic mass is 10.1. The molecule has 1 unspecified atom stereocenters. The third-order valence-corrected chi connectivity index (χ3v) is 4.69. The van der Waals surface area contributed by atoms with Crippen LogP contribution < -0.4 is 15.0 Å². The Morgan fingerprint density at radius 1 is 0.966 bits per heavy atom. The van der Waals surface area contributed by atoms with Gasteiger partial charge in [0.05, 0.1) is 32.5 Å². The maximum atomic E-state index is 12.5. The molecule has 2 N–H and O–H groups in total. The number of hydrogen-bond donors (Lipinski definition) is 2. The summed E-state index contributed by atoms with van der Waals surface area (Å²) in [5.41, 5.74) is 1.94. The number of quaternary nitrogens is 1. The molecule has 150 valence electrons. The van der Waals surface area contributed by atoms with E-state index in [0.717, 1.165) is 27.0 Å². The van der Waals surface area contributed by atoms with Gasteiger partial charge in [0, 0.05) is 5.56 Å². The summed E-state index contributed by atoms with van der Waals surface area (Å²) in [6.07, 6.45) is 0. The van der Waals surface area contributed by atoms with Gasteiger partial charge in [-0.3, -0.25) is 4.79 Å². The number of carbonyl (C=O) groups is 2. The third-order valence-electron chi connectivity index (χ3n) is 4.69. The lowest BCUT2D eigenvalue weighted by Crippen LogP contribution is -3.08. The van der Waals surface area contributed by atoms with Crippen molar-refractivity contribution in [2.24, 2.45) is 0 Å². The number of ether oxygens (including phenoxy) is 2. The van der Waals surface area contributed by atoms with Gasteiger partial charge in [0.1, 0.15) is 12.3 Å². The average Bonchev–Trinajstić information content (AvgIpc) is 2.73. The average molecular weight is 393 g/mol. The second-order valence-electron chi connectivity index (χ2n) is 6.94. The van der Waals surface area contributed by atoms with E-state index in [1.165, 1.54) is 7.11 Å². The Bertz CT molecular complexity index is 1030. The normalized spacial score (nSPS) is 11.7. The van der Waals surface area contributed by atoms with E-state index in [1.54, 1.807) is 31.4 Å². The van der Waals surface area contributed by atoms with Crippen molar-refractivity contribution in [1.29, 1.82) is 0 Å². The summed E-state index contributed by atoms with van der Waals surface area (Å²) in [4.78, 5) is 25.3. The molecule has 0 radical (unpaired) electrons. The molecule has 0 aliphatic carbocycles. The molecule has 0 aromatic heterocycles. The fourth-order valence-corrected chi connectivity index (χ4v) is 3.27. The van der Waals surface area contributed by atoms with Crippen molar-refractivity contribution in [3.05, 3.63) is 71.8 Å². The van der Waals surface area contributed by atoms with Gasteiger partial charge in [-0.25, -0.2) is 4.79 Å². The Labute approximate surface area is 170 Å². The maximum absolute atomic E-state index is 12.5. The van der Waals surface area contributed by atoms with Gasteiger partial charge in [-0.15, -0.1) is 0 Å². The number of nitrogens with one attached hydrogen (secondary N) is 2. The highest BCUT2D eigenvalue weighted by Crippen LogP contribution is 2.21. The van der Waals surface area contributed by atoms with Gasteiger partial charge in [-0.1, -0.05) is 30.3 Å². The monoisotopic (exact) mass is 393 g/mol. The van der Waals surface area contributed by atoms with Crippen molar-refractivity contribution in [2.75, 3.05) is 33.1 Å². The number of likely N-dealkylation sites (N-methyl/N-ethyl adjacent to an activating group) is 1. The number of anilines is 1. The Hall–Kier alpha value is -3.38. The highest BCUT2D eigenvalue weighted by Gasteiger charge is 2.16. The number of hydrogen-bond acceptors (Lipinski definition) is 4. The summed E-state index contributed by atoms with van der Waals surface area (Å²) in [5, 5.41) is 5.06. The Balaban J connectivity index is 1.63. The largest absolute Gasteiger partial charge is 0.497 e. The summed E-state index contributed by atoms with van der Waals surface area (Å²) in [5.74, 6) is 0.190. The van der Waals surface area contributed by atoms with E-state index in [-0.39, 0.29) is 12.5 Å². The van der Waals surface area contributed by atoms with E-state index in [1.807, 2.05) is 25.2 Å². The van der Waals surface area contributed by atoms with Gasteiger partial charge >= 0.3 is 5.97 Å². The van der Waals surface area contributed by atoms with Crippen molar-refractivity contribution in [2.45, 2.75) is 6.54 Å². The molecule has 29 heavy (non-hydrogen) atoms. The van der Waals surface area contributed by atoms with Crippen LogP contribution in [0.4, 0.5) is 5.69 Å². The van der Waals surface area contributed by atoms with E-state index >= 15 is 0 Å². The van der Waals surface area contributed by atoms with Gasteiger partial charge < -0.3 is 19.7 Å². The zero-order valence-electron chi connectivity index (χ0n) is 16.8. The predicted molar refractivity (Wildman–Crippen MR) is 112 cm³/mol. The molecular formula is C23H25N2O4+. The van der Waals surface area contributed by atoms with Crippen LogP contribution in [0, 0.1) is 0 Å². The zero-order chi connectivity index (χ0) is 20.8. The Morgan fingerprint density at radius 3 is 2.45 bits per heavy atom. The Kier molecular flexibility index (Phi) is 6.46. The molecule has 1 atom stereocenters. The van der Waals surface area contributed by atoms with Crippen LogP contribution in [0.3, 0.4) is 0 Å². The van der Waals surface area contributed by atoms with E-state index < -0.39 is 5.97 Å². The summed E-state index contributed by atoms with van der Waals surface area (Å²) in [6, 6.07) is 19.0. The molecule has 3 aromatic carbocycles. The number of carbonyl (C=O) groups excluding carboxylic acids is 2. The van der Waals surface area contributed by atoms with Crippen molar-refractivity contribution >= 4 is 28.3 Å². The first-order valence-electron chi connectivity index (χ1n) is 9.35. The fourth-order valence-electron chi connectivity index (χ4n) is 3.27. The quantitative estimate of drug-likeness (QED) is 0.605. The second kappa shape index (κ2) is 9.21. The Morgan fingerprint density at radius 2 is 1.69 bits per heavy atom. The van der Waals surface area contributed by atoms with Crippen LogP contribution in [0.5, 0.6) is 5.75 Å². The van der Waals surface area contributed by atoms with Gasteiger partial charge in [0.15, 0.2) is 6.54 Å². The van der Waals surface area contributed by atoms with E-state index in [2.05, 4.69) is 23.5 Å². The molecule has 0 fully saturated rings. The molecule has 0 bridgehead atoms. The maximum Gasteiger partial charge on any atom is 0.339 e.